The van der Waals surface area contributed by atoms with Crippen LogP contribution in [0.25, 0.3) is 0 Å². The number of nitrogens with one attached hydrogen (secondary N) is 1. The Hall–Kier alpha value is -2.37. The van der Waals surface area contributed by atoms with Gasteiger partial charge in [-0.3, -0.25) is 4.79 Å². The Morgan fingerprint density at radius 3 is 2.66 bits per heavy atom. The zero-order valence-electron chi connectivity index (χ0n) is 17.1. The third kappa shape index (κ3) is 4.46. The van der Waals surface area contributed by atoms with Crippen LogP contribution in [0.4, 0.5) is 5.69 Å². The van der Waals surface area contributed by atoms with Gasteiger partial charge in [-0.15, -0.1) is 0 Å². The minimum Gasteiger partial charge on any atom is -0.489 e. The number of anilines is 1. The number of fused-ring (bicyclic) bond motifs is 2. The normalized spacial score (nSPS) is 19.0. The largest absolute Gasteiger partial charge is 0.489 e. The minimum atomic E-state index is -0.565. The first-order valence-corrected chi connectivity index (χ1v) is 10.5. The van der Waals surface area contributed by atoms with Crippen molar-refractivity contribution in [2.24, 2.45) is 0 Å². The fourth-order valence-electron chi connectivity index (χ4n) is 4.87. The highest BCUT2D eigenvalue weighted by Gasteiger charge is 2.40. The average molecular weight is 395 g/mol. The van der Waals surface area contributed by atoms with E-state index in [0.29, 0.717) is 23.4 Å². The first-order valence-electron chi connectivity index (χ1n) is 10.5. The Labute approximate surface area is 172 Å². The van der Waals surface area contributed by atoms with Crippen molar-refractivity contribution in [2.45, 2.75) is 44.1 Å². The van der Waals surface area contributed by atoms with E-state index in [2.05, 4.69) is 34.5 Å². The Bertz CT molecular complexity index is 859. The van der Waals surface area contributed by atoms with E-state index in [-0.39, 0.29) is 12.5 Å². The lowest BCUT2D eigenvalue weighted by molar-refractivity contribution is -0.114. The second kappa shape index (κ2) is 8.56. The number of aliphatic hydroxyl groups is 1. The smallest absolute Gasteiger partial charge is 0.221 e. The summed E-state index contributed by atoms with van der Waals surface area (Å²) < 4.78 is 5.79. The Kier molecular flexibility index (Phi) is 5.88. The highest BCUT2D eigenvalue weighted by atomic mass is 16.5. The summed E-state index contributed by atoms with van der Waals surface area (Å²) in [6, 6.07) is 16.2. The van der Waals surface area contributed by atoms with Crippen molar-refractivity contribution in [3.05, 3.63) is 59.7 Å². The van der Waals surface area contributed by atoms with Gasteiger partial charge in [0.1, 0.15) is 18.5 Å². The van der Waals surface area contributed by atoms with E-state index in [1.165, 1.54) is 25.3 Å². The molecule has 5 nitrogen and oxygen atoms in total. The number of piperidine rings is 1. The van der Waals surface area contributed by atoms with Crippen molar-refractivity contribution in [2.75, 3.05) is 31.6 Å². The monoisotopic (exact) mass is 394 g/mol. The van der Waals surface area contributed by atoms with Gasteiger partial charge < -0.3 is 20.1 Å². The highest BCUT2D eigenvalue weighted by molar-refractivity contribution is 5.90. The van der Waals surface area contributed by atoms with Crippen LogP contribution >= 0.6 is 0 Å². The molecule has 1 aliphatic heterocycles. The van der Waals surface area contributed by atoms with Gasteiger partial charge in [0.2, 0.25) is 5.91 Å². The van der Waals surface area contributed by atoms with Gasteiger partial charge in [-0.25, -0.2) is 0 Å². The molecule has 2 aromatic rings. The maximum Gasteiger partial charge on any atom is 0.221 e. The maximum atomic E-state index is 11.3. The predicted molar refractivity (Wildman–Crippen MR) is 114 cm³/mol. The molecule has 1 amide bonds. The van der Waals surface area contributed by atoms with E-state index in [0.717, 1.165) is 25.9 Å². The Morgan fingerprint density at radius 2 is 1.86 bits per heavy atom. The van der Waals surface area contributed by atoms with Crippen LogP contribution in [-0.4, -0.2) is 48.3 Å². The molecule has 2 aliphatic rings. The number of rotatable bonds is 6. The standard InChI is InChI=1S/C24H30N2O3/c1-18(27)25-22-8-4-5-9-23(22)29-17-20(28)16-26-14-12-24(13-15-26)11-10-19-6-2-3-7-21(19)24/h2-9,20,28H,10-17H2,1H3,(H,25,27)/t20-/m0/s1. The highest BCUT2D eigenvalue weighted by Crippen LogP contribution is 2.46. The SMILES string of the molecule is CC(=O)Nc1ccccc1OC[C@@H](O)CN1CCC2(CCc3ccccc32)CC1. The van der Waals surface area contributed by atoms with Crippen molar-refractivity contribution >= 4 is 11.6 Å². The van der Waals surface area contributed by atoms with Crippen LogP contribution in [0.3, 0.4) is 0 Å². The van der Waals surface area contributed by atoms with E-state index >= 15 is 0 Å². The van der Waals surface area contributed by atoms with Gasteiger partial charge in [-0.1, -0.05) is 36.4 Å². The van der Waals surface area contributed by atoms with Gasteiger partial charge in [-0.2, -0.15) is 0 Å². The number of benzene rings is 2. The summed E-state index contributed by atoms with van der Waals surface area (Å²) >= 11 is 0. The molecular weight excluding hydrogens is 364 g/mol. The fourth-order valence-corrected chi connectivity index (χ4v) is 4.87. The van der Waals surface area contributed by atoms with Crippen molar-refractivity contribution in [3.8, 4) is 5.75 Å². The van der Waals surface area contributed by atoms with Crippen LogP contribution in [-0.2, 0) is 16.6 Å². The van der Waals surface area contributed by atoms with Crippen LogP contribution < -0.4 is 10.1 Å². The molecule has 0 unspecified atom stereocenters. The third-order valence-electron chi connectivity index (χ3n) is 6.37. The summed E-state index contributed by atoms with van der Waals surface area (Å²) in [5.41, 5.74) is 4.05. The lowest BCUT2D eigenvalue weighted by Crippen LogP contribution is -2.45. The number of aliphatic hydroxyl groups excluding tert-OH is 1. The zero-order valence-corrected chi connectivity index (χ0v) is 17.1. The molecular formula is C24H30N2O3. The average Bonchev–Trinajstić information content (AvgIpc) is 3.07. The van der Waals surface area contributed by atoms with E-state index in [9.17, 15) is 9.90 Å². The zero-order chi connectivity index (χ0) is 20.3. The topological polar surface area (TPSA) is 61.8 Å². The van der Waals surface area contributed by atoms with E-state index in [1.807, 2.05) is 12.1 Å². The first-order chi connectivity index (χ1) is 14.1. The molecule has 154 valence electrons. The molecule has 2 N–H and O–H groups in total. The van der Waals surface area contributed by atoms with Crippen LogP contribution in [0.5, 0.6) is 5.75 Å². The van der Waals surface area contributed by atoms with Gasteiger partial charge in [0.25, 0.3) is 0 Å². The maximum absolute atomic E-state index is 11.3. The van der Waals surface area contributed by atoms with Gasteiger partial charge >= 0.3 is 0 Å². The van der Waals surface area contributed by atoms with E-state index < -0.39 is 6.10 Å². The van der Waals surface area contributed by atoms with Crippen molar-refractivity contribution < 1.29 is 14.6 Å². The molecule has 29 heavy (non-hydrogen) atoms. The number of ether oxygens (including phenoxy) is 1. The number of hydrogen-bond acceptors (Lipinski definition) is 4. The Morgan fingerprint density at radius 1 is 1.14 bits per heavy atom. The number of amides is 1. The van der Waals surface area contributed by atoms with Crippen LogP contribution in [0.15, 0.2) is 48.5 Å². The second-order valence-corrected chi connectivity index (χ2v) is 8.38. The summed E-state index contributed by atoms with van der Waals surface area (Å²) in [5.74, 6) is 0.444. The Balaban J connectivity index is 1.28. The molecule has 4 rings (SSSR count). The van der Waals surface area contributed by atoms with E-state index in [4.69, 9.17) is 4.74 Å². The molecule has 1 atom stereocenters. The van der Waals surface area contributed by atoms with Gasteiger partial charge in [0, 0.05) is 13.5 Å². The van der Waals surface area contributed by atoms with Crippen LogP contribution in [0.1, 0.15) is 37.3 Å². The summed E-state index contributed by atoms with van der Waals surface area (Å²) in [6.45, 7) is 4.31. The first kappa shape index (κ1) is 19.9. The summed E-state index contributed by atoms with van der Waals surface area (Å²) in [4.78, 5) is 13.7. The number of hydrogen-bond donors (Lipinski definition) is 2. The van der Waals surface area contributed by atoms with Crippen molar-refractivity contribution in [1.29, 1.82) is 0 Å². The van der Waals surface area contributed by atoms with Gasteiger partial charge in [0.15, 0.2) is 0 Å². The van der Waals surface area contributed by atoms with Gasteiger partial charge in [0.05, 0.1) is 5.69 Å². The van der Waals surface area contributed by atoms with Gasteiger partial charge in [-0.05, 0) is 67.4 Å². The predicted octanol–water partition coefficient (Wildman–Crippen LogP) is 3.36. The number of β-amino-alcohol motifs (C(OH)–C–C–N with tert-alkyl or cyclic N) is 1. The molecule has 0 saturated carbocycles. The molecule has 1 saturated heterocycles. The number of carbonyl (C=O) groups excluding carboxylic acids is 1. The quantitative estimate of drug-likeness (QED) is 0.789. The molecule has 1 fully saturated rings. The minimum absolute atomic E-state index is 0.141. The number of carbonyl (C=O) groups is 1. The number of nitrogens with zero attached hydrogens (tertiary/aromatic N) is 1. The fraction of sp³-hybridized carbons (Fsp3) is 0.458. The van der Waals surface area contributed by atoms with E-state index in [1.54, 1.807) is 17.7 Å². The molecule has 0 aromatic heterocycles. The van der Waals surface area contributed by atoms with Crippen molar-refractivity contribution in [1.82, 2.24) is 4.90 Å². The molecule has 0 bridgehead atoms. The molecule has 1 heterocycles. The molecule has 5 heteroatoms. The summed E-state index contributed by atoms with van der Waals surface area (Å²) in [7, 11) is 0. The van der Waals surface area contributed by atoms with Crippen molar-refractivity contribution in [3.63, 3.8) is 0 Å². The number of para-hydroxylation sites is 2. The third-order valence-corrected chi connectivity index (χ3v) is 6.37. The lowest BCUT2D eigenvalue weighted by Gasteiger charge is -2.40. The number of aryl methyl sites for hydroxylation is 1. The second-order valence-electron chi connectivity index (χ2n) is 8.38. The molecule has 2 aromatic carbocycles. The molecule has 1 aliphatic carbocycles. The summed E-state index contributed by atoms with van der Waals surface area (Å²) in [6.07, 6.45) is 4.20. The molecule has 1 spiro atoms. The summed E-state index contributed by atoms with van der Waals surface area (Å²) in [5, 5.41) is 13.3. The molecule has 0 radical (unpaired) electrons. The van der Waals surface area contributed by atoms with Crippen LogP contribution in [0, 0.1) is 0 Å². The number of likely N-dealkylation sites (tertiary alicyclic amines) is 1. The lowest BCUT2D eigenvalue weighted by atomic mass is 9.74. The van der Waals surface area contributed by atoms with Crippen LogP contribution in [0.2, 0.25) is 0 Å².